The Kier molecular flexibility index (Phi) is 4.19. The fourth-order valence-electron chi connectivity index (χ4n) is 1.05. The summed E-state index contributed by atoms with van der Waals surface area (Å²) in [6.45, 7) is 0. The van der Waals surface area contributed by atoms with Crippen LogP contribution in [-0.2, 0) is 11.1 Å². The molecule has 15 heavy (non-hydrogen) atoms. The van der Waals surface area contributed by atoms with Gasteiger partial charge in [0.15, 0.2) is 0 Å². The average Bonchev–Trinajstić information content (AvgIpc) is 2.17. The maximum Gasteiger partial charge on any atom is 0.269 e. The van der Waals surface area contributed by atoms with Gasteiger partial charge in [-0.3, -0.25) is 14.3 Å². The van der Waals surface area contributed by atoms with Crippen LogP contribution >= 0.6 is 11.6 Å². The summed E-state index contributed by atoms with van der Waals surface area (Å²) in [7, 11) is 0. The third kappa shape index (κ3) is 3.58. The summed E-state index contributed by atoms with van der Waals surface area (Å²) < 4.78 is 20.8. The molecular weight excluding hydrogens is 242 g/mol. The molecule has 1 aromatic carbocycles. The zero-order valence-corrected chi connectivity index (χ0v) is 9.03. The van der Waals surface area contributed by atoms with E-state index in [1.165, 1.54) is 18.2 Å². The summed E-state index contributed by atoms with van der Waals surface area (Å²) in [5.41, 5.74) is 0.324. The molecule has 0 saturated heterocycles. The SMILES string of the molecule is O=[N+]([O-])c1cccc(C(Cl)CS(=O)[O-])c1. The van der Waals surface area contributed by atoms with E-state index in [2.05, 4.69) is 0 Å². The minimum atomic E-state index is -2.27. The first-order valence-corrected chi connectivity index (χ1v) is 5.63. The number of nitro groups is 1. The molecule has 0 amide bonds. The number of hydrogen-bond donors (Lipinski definition) is 0. The molecule has 0 aliphatic carbocycles. The number of alkyl halides is 1. The lowest BCUT2D eigenvalue weighted by Gasteiger charge is -2.11. The van der Waals surface area contributed by atoms with Crippen molar-refractivity contribution in [1.29, 1.82) is 0 Å². The second-order valence-corrected chi connectivity index (χ2v) is 4.26. The van der Waals surface area contributed by atoms with Crippen molar-refractivity contribution in [3.05, 3.63) is 39.9 Å². The van der Waals surface area contributed by atoms with Crippen molar-refractivity contribution in [3.63, 3.8) is 0 Å². The van der Waals surface area contributed by atoms with Gasteiger partial charge in [0.1, 0.15) is 0 Å². The monoisotopic (exact) mass is 248 g/mol. The zero-order chi connectivity index (χ0) is 11.4. The van der Waals surface area contributed by atoms with Crippen LogP contribution in [0.2, 0.25) is 0 Å². The Morgan fingerprint density at radius 2 is 2.20 bits per heavy atom. The molecule has 1 rings (SSSR count). The quantitative estimate of drug-likeness (QED) is 0.352. The van der Waals surface area contributed by atoms with E-state index in [4.69, 9.17) is 11.6 Å². The van der Waals surface area contributed by atoms with Gasteiger partial charge in [-0.25, -0.2) is 0 Å². The summed E-state index contributed by atoms with van der Waals surface area (Å²) in [4.78, 5) is 9.88. The van der Waals surface area contributed by atoms with Crippen LogP contribution in [0.3, 0.4) is 0 Å². The largest absolute Gasteiger partial charge is 0.772 e. The number of nitro benzene ring substituents is 1. The van der Waals surface area contributed by atoms with Crippen molar-refractivity contribution in [2.75, 3.05) is 5.75 Å². The summed E-state index contributed by atoms with van der Waals surface area (Å²) in [6.07, 6.45) is 0. The predicted octanol–water partition coefficient (Wildman–Crippen LogP) is 1.75. The summed E-state index contributed by atoms with van der Waals surface area (Å²) in [5, 5.41) is 9.68. The smallest absolute Gasteiger partial charge is 0.269 e. The third-order valence-corrected chi connectivity index (χ3v) is 2.92. The highest BCUT2D eigenvalue weighted by Crippen LogP contribution is 2.24. The van der Waals surface area contributed by atoms with E-state index in [1.807, 2.05) is 0 Å². The Morgan fingerprint density at radius 3 is 2.73 bits per heavy atom. The molecule has 0 bridgehead atoms. The summed E-state index contributed by atoms with van der Waals surface area (Å²) in [5.74, 6) is -0.261. The van der Waals surface area contributed by atoms with Crippen LogP contribution in [0.1, 0.15) is 10.9 Å². The Bertz CT molecular complexity index is 398. The summed E-state index contributed by atoms with van der Waals surface area (Å²) in [6, 6.07) is 5.61. The van der Waals surface area contributed by atoms with Crippen molar-refractivity contribution < 1.29 is 13.7 Å². The van der Waals surface area contributed by atoms with Gasteiger partial charge in [0.05, 0.1) is 10.3 Å². The molecule has 0 radical (unpaired) electrons. The van der Waals surface area contributed by atoms with Crippen molar-refractivity contribution in [2.45, 2.75) is 5.38 Å². The minimum absolute atomic E-state index is 0.102. The molecule has 2 unspecified atom stereocenters. The van der Waals surface area contributed by atoms with Crippen molar-refractivity contribution in [2.24, 2.45) is 0 Å². The molecule has 2 atom stereocenters. The van der Waals surface area contributed by atoms with Gasteiger partial charge >= 0.3 is 0 Å². The first-order valence-electron chi connectivity index (χ1n) is 3.95. The Labute approximate surface area is 93.5 Å². The fraction of sp³-hybridized carbons (Fsp3) is 0.250. The first-order chi connectivity index (χ1) is 7.00. The number of hydrogen-bond acceptors (Lipinski definition) is 4. The molecule has 7 heteroatoms. The van der Waals surface area contributed by atoms with Gasteiger partial charge in [0.2, 0.25) is 0 Å². The highest BCUT2D eigenvalue weighted by Gasteiger charge is 2.12. The molecule has 0 spiro atoms. The van der Waals surface area contributed by atoms with Gasteiger partial charge in [-0.15, -0.1) is 11.6 Å². The van der Waals surface area contributed by atoms with Crippen LogP contribution in [0.25, 0.3) is 0 Å². The maximum absolute atomic E-state index is 10.4. The number of rotatable bonds is 4. The van der Waals surface area contributed by atoms with E-state index in [-0.39, 0.29) is 11.4 Å². The van der Waals surface area contributed by atoms with Gasteiger partial charge in [0.25, 0.3) is 5.69 Å². The standard InChI is InChI=1S/C8H8ClNO4S/c9-8(5-15(13)14)6-2-1-3-7(4-6)10(11)12/h1-4,8H,5H2,(H,13,14)/p-1. The van der Waals surface area contributed by atoms with Crippen LogP contribution in [0.4, 0.5) is 5.69 Å². The Balaban J connectivity index is 2.89. The van der Waals surface area contributed by atoms with Gasteiger partial charge in [-0.05, 0) is 5.56 Å². The van der Waals surface area contributed by atoms with Crippen LogP contribution in [0, 0.1) is 10.1 Å². The number of halogens is 1. The average molecular weight is 249 g/mol. The summed E-state index contributed by atoms with van der Waals surface area (Å²) >= 11 is 3.50. The van der Waals surface area contributed by atoms with E-state index < -0.39 is 21.4 Å². The molecule has 0 N–H and O–H groups in total. The first kappa shape index (κ1) is 12.1. The lowest BCUT2D eigenvalue weighted by atomic mass is 10.1. The second kappa shape index (κ2) is 5.20. The zero-order valence-electron chi connectivity index (χ0n) is 7.46. The topological polar surface area (TPSA) is 83.3 Å². The van der Waals surface area contributed by atoms with Crippen LogP contribution in [0.15, 0.2) is 24.3 Å². The minimum Gasteiger partial charge on any atom is -0.772 e. The van der Waals surface area contributed by atoms with Crippen LogP contribution < -0.4 is 0 Å². The van der Waals surface area contributed by atoms with Crippen LogP contribution in [-0.4, -0.2) is 19.4 Å². The third-order valence-electron chi connectivity index (χ3n) is 1.73. The normalized spacial score (nSPS) is 14.5. The Morgan fingerprint density at radius 1 is 1.53 bits per heavy atom. The number of nitrogens with zero attached hydrogens (tertiary/aromatic N) is 1. The van der Waals surface area contributed by atoms with Gasteiger partial charge in [-0.1, -0.05) is 23.2 Å². The van der Waals surface area contributed by atoms with E-state index in [9.17, 15) is 18.9 Å². The molecule has 0 aromatic heterocycles. The van der Waals surface area contributed by atoms with Gasteiger partial charge < -0.3 is 4.55 Å². The van der Waals surface area contributed by atoms with Crippen LogP contribution in [0.5, 0.6) is 0 Å². The van der Waals surface area contributed by atoms with E-state index in [0.717, 1.165) is 0 Å². The van der Waals surface area contributed by atoms with Crippen molar-refractivity contribution in [3.8, 4) is 0 Å². The number of non-ortho nitro benzene ring substituents is 1. The van der Waals surface area contributed by atoms with Gasteiger partial charge in [-0.2, -0.15) is 0 Å². The van der Waals surface area contributed by atoms with E-state index >= 15 is 0 Å². The molecule has 5 nitrogen and oxygen atoms in total. The molecule has 82 valence electrons. The molecule has 1 aromatic rings. The Hall–Kier alpha value is -0.980. The molecule has 0 aliphatic rings. The highest BCUT2D eigenvalue weighted by molar-refractivity contribution is 7.79. The highest BCUT2D eigenvalue weighted by atomic mass is 35.5. The molecule has 0 saturated carbocycles. The number of benzene rings is 1. The molecule has 0 aliphatic heterocycles. The predicted molar refractivity (Wildman–Crippen MR) is 55.5 cm³/mol. The van der Waals surface area contributed by atoms with Crippen molar-refractivity contribution in [1.82, 2.24) is 0 Å². The fourth-order valence-corrected chi connectivity index (χ4v) is 1.92. The second-order valence-electron chi connectivity index (χ2n) is 2.79. The lowest BCUT2D eigenvalue weighted by molar-refractivity contribution is -0.384. The lowest BCUT2D eigenvalue weighted by Crippen LogP contribution is -2.03. The maximum atomic E-state index is 10.4. The molecular formula is C8H7ClNO4S-. The van der Waals surface area contributed by atoms with E-state index in [0.29, 0.717) is 5.56 Å². The molecule has 0 fully saturated rings. The van der Waals surface area contributed by atoms with Gasteiger partial charge in [0, 0.05) is 17.9 Å². The van der Waals surface area contributed by atoms with E-state index in [1.54, 1.807) is 6.07 Å². The molecule has 0 heterocycles. The van der Waals surface area contributed by atoms with Crippen molar-refractivity contribution >= 4 is 28.4 Å².